The molecule has 0 N–H and O–H groups in total. The molecule has 0 aromatic rings. The van der Waals surface area contributed by atoms with Crippen LogP contribution in [-0.2, 0) is 9.47 Å². The van der Waals surface area contributed by atoms with Crippen molar-refractivity contribution in [1.82, 2.24) is 0 Å². The molecule has 0 aromatic heterocycles. The Morgan fingerprint density at radius 1 is 0.667 bits per heavy atom. The van der Waals surface area contributed by atoms with Gasteiger partial charge in [-0.05, 0) is 62.7 Å². The standard InChI is InChI=1S/C22H34O2/c1-2-4-6-8-14-20(22-16-10-12-18-24-22)19(13-7-5-3-1)21-15-9-11-17-23-21/h11-13,17-18,20-22H,1-10,14-16H2/b19-13-. The Labute approximate surface area is 148 Å². The molecule has 24 heavy (non-hydrogen) atoms. The molecule has 0 radical (unpaired) electrons. The maximum absolute atomic E-state index is 6.07. The summed E-state index contributed by atoms with van der Waals surface area (Å²) in [6.07, 6.45) is 28.0. The molecule has 3 unspecified atom stereocenters. The van der Waals surface area contributed by atoms with Crippen molar-refractivity contribution in [2.24, 2.45) is 5.92 Å². The van der Waals surface area contributed by atoms with E-state index in [0.717, 1.165) is 25.7 Å². The third-order valence-corrected chi connectivity index (χ3v) is 5.75. The molecule has 0 saturated heterocycles. The number of hydrogen-bond donors (Lipinski definition) is 0. The summed E-state index contributed by atoms with van der Waals surface area (Å²) in [4.78, 5) is 0. The van der Waals surface area contributed by atoms with Gasteiger partial charge in [-0.25, -0.2) is 0 Å². The van der Waals surface area contributed by atoms with Gasteiger partial charge in [0.15, 0.2) is 0 Å². The van der Waals surface area contributed by atoms with Crippen molar-refractivity contribution in [1.29, 1.82) is 0 Å². The molecule has 3 atom stereocenters. The summed E-state index contributed by atoms with van der Waals surface area (Å²) in [6.45, 7) is 0. The van der Waals surface area contributed by atoms with Gasteiger partial charge < -0.3 is 9.47 Å². The highest BCUT2D eigenvalue weighted by molar-refractivity contribution is 5.17. The molecule has 0 aromatic carbocycles. The fourth-order valence-corrected chi connectivity index (χ4v) is 4.38. The van der Waals surface area contributed by atoms with Crippen molar-refractivity contribution in [2.75, 3.05) is 0 Å². The van der Waals surface area contributed by atoms with Crippen molar-refractivity contribution < 1.29 is 9.47 Å². The number of allylic oxidation sites excluding steroid dienone is 3. The van der Waals surface area contributed by atoms with Gasteiger partial charge in [-0.3, -0.25) is 0 Å². The predicted molar refractivity (Wildman–Crippen MR) is 99.6 cm³/mol. The van der Waals surface area contributed by atoms with E-state index in [2.05, 4.69) is 18.2 Å². The van der Waals surface area contributed by atoms with Crippen LogP contribution in [0.3, 0.4) is 0 Å². The van der Waals surface area contributed by atoms with Gasteiger partial charge in [0, 0.05) is 5.92 Å². The van der Waals surface area contributed by atoms with Crippen LogP contribution in [0.15, 0.2) is 36.3 Å². The molecular formula is C22H34O2. The van der Waals surface area contributed by atoms with Crippen molar-refractivity contribution in [3.8, 4) is 0 Å². The van der Waals surface area contributed by atoms with E-state index in [1.807, 2.05) is 12.5 Å². The first-order valence-electron chi connectivity index (χ1n) is 10.3. The van der Waals surface area contributed by atoms with Crippen LogP contribution in [0.2, 0.25) is 0 Å². The van der Waals surface area contributed by atoms with Crippen molar-refractivity contribution in [3.63, 3.8) is 0 Å². The topological polar surface area (TPSA) is 18.5 Å². The molecule has 2 heteroatoms. The Morgan fingerprint density at radius 3 is 2.08 bits per heavy atom. The lowest BCUT2D eigenvalue weighted by atomic mass is 9.80. The highest BCUT2D eigenvalue weighted by atomic mass is 16.5. The third kappa shape index (κ3) is 5.16. The first-order chi connectivity index (χ1) is 11.9. The molecule has 3 rings (SSSR count). The van der Waals surface area contributed by atoms with Crippen LogP contribution >= 0.6 is 0 Å². The van der Waals surface area contributed by atoms with Crippen molar-refractivity contribution >= 4 is 0 Å². The monoisotopic (exact) mass is 330 g/mol. The van der Waals surface area contributed by atoms with Crippen molar-refractivity contribution in [3.05, 3.63) is 36.3 Å². The minimum atomic E-state index is 0.275. The number of rotatable bonds is 2. The van der Waals surface area contributed by atoms with Crippen LogP contribution in [0.5, 0.6) is 0 Å². The molecule has 3 aliphatic rings. The molecule has 0 spiro atoms. The molecule has 134 valence electrons. The lowest BCUT2D eigenvalue weighted by Gasteiger charge is -2.35. The van der Waals surface area contributed by atoms with Gasteiger partial charge in [-0.2, -0.15) is 0 Å². The summed E-state index contributed by atoms with van der Waals surface area (Å²) >= 11 is 0. The Hall–Kier alpha value is -1.18. The molecule has 0 amide bonds. The highest BCUT2D eigenvalue weighted by Gasteiger charge is 2.31. The highest BCUT2D eigenvalue weighted by Crippen LogP contribution is 2.35. The summed E-state index contributed by atoms with van der Waals surface area (Å²) in [5.41, 5.74) is 1.54. The van der Waals surface area contributed by atoms with Gasteiger partial charge in [0.05, 0.1) is 12.5 Å². The molecule has 1 aliphatic carbocycles. The summed E-state index contributed by atoms with van der Waals surface area (Å²) in [7, 11) is 0. The average Bonchev–Trinajstić information content (AvgIpc) is 2.64. The van der Waals surface area contributed by atoms with Crippen LogP contribution in [-0.4, -0.2) is 12.2 Å². The van der Waals surface area contributed by atoms with Crippen LogP contribution in [0.1, 0.15) is 83.5 Å². The van der Waals surface area contributed by atoms with Crippen molar-refractivity contribution in [2.45, 2.75) is 95.7 Å². The Morgan fingerprint density at radius 2 is 1.38 bits per heavy atom. The van der Waals surface area contributed by atoms with Gasteiger partial charge in [0.25, 0.3) is 0 Å². The van der Waals surface area contributed by atoms with E-state index >= 15 is 0 Å². The van der Waals surface area contributed by atoms with Gasteiger partial charge in [-0.15, -0.1) is 0 Å². The van der Waals surface area contributed by atoms with E-state index < -0.39 is 0 Å². The molecule has 2 aliphatic heterocycles. The van der Waals surface area contributed by atoms with E-state index in [4.69, 9.17) is 9.47 Å². The minimum absolute atomic E-state index is 0.275. The Bertz CT molecular complexity index is 449. The Balaban J connectivity index is 1.78. The molecular weight excluding hydrogens is 296 g/mol. The van der Waals surface area contributed by atoms with E-state index in [1.54, 1.807) is 5.57 Å². The molecule has 0 bridgehead atoms. The summed E-state index contributed by atoms with van der Waals surface area (Å²) in [6, 6.07) is 0. The number of hydrogen-bond acceptors (Lipinski definition) is 2. The van der Waals surface area contributed by atoms with Gasteiger partial charge >= 0.3 is 0 Å². The van der Waals surface area contributed by atoms with Crippen LogP contribution in [0.25, 0.3) is 0 Å². The molecule has 2 nitrogen and oxygen atoms in total. The quantitative estimate of drug-likeness (QED) is 0.542. The molecule has 0 fully saturated rings. The van der Waals surface area contributed by atoms with E-state index in [-0.39, 0.29) is 6.10 Å². The lowest BCUT2D eigenvalue weighted by Crippen LogP contribution is -2.32. The first-order valence-corrected chi connectivity index (χ1v) is 10.3. The zero-order chi connectivity index (χ0) is 16.5. The maximum atomic E-state index is 6.07. The maximum Gasteiger partial charge on any atom is 0.120 e. The summed E-state index contributed by atoms with van der Waals surface area (Å²) < 4.78 is 12.1. The fourth-order valence-electron chi connectivity index (χ4n) is 4.38. The van der Waals surface area contributed by atoms with Crippen LogP contribution < -0.4 is 0 Å². The van der Waals surface area contributed by atoms with E-state index in [0.29, 0.717) is 12.0 Å². The molecule has 0 saturated carbocycles. The second kappa shape index (κ2) is 9.96. The van der Waals surface area contributed by atoms with E-state index in [1.165, 1.54) is 57.8 Å². The van der Waals surface area contributed by atoms with Gasteiger partial charge in [0.1, 0.15) is 12.2 Å². The molecule has 2 heterocycles. The fraction of sp³-hybridized carbons (Fsp3) is 0.727. The second-order valence-corrected chi connectivity index (χ2v) is 7.56. The average molecular weight is 331 g/mol. The smallest absolute Gasteiger partial charge is 0.120 e. The SMILES string of the molecule is C1=COC(/C2=C\CCCCCCCCCC2C2CCC=CO2)CC1. The predicted octanol–water partition coefficient (Wildman–Crippen LogP) is 6.44. The van der Waals surface area contributed by atoms with Crippen LogP contribution in [0.4, 0.5) is 0 Å². The zero-order valence-electron chi connectivity index (χ0n) is 15.1. The largest absolute Gasteiger partial charge is 0.498 e. The van der Waals surface area contributed by atoms with Gasteiger partial charge in [-0.1, -0.05) is 44.6 Å². The van der Waals surface area contributed by atoms with Crippen LogP contribution in [0, 0.1) is 5.92 Å². The first kappa shape index (κ1) is 17.6. The zero-order valence-corrected chi connectivity index (χ0v) is 15.1. The normalized spacial score (nSPS) is 34.8. The lowest BCUT2D eigenvalue weighted by molar-refractivity contribution is 0.0583. The van der Waals surface area contributed by atoms with E-state index in [9.17, 15) is 0 Å². The summed E-state index contributed by atoms with van der Waals surface area (Å²) in [5, 5.41) is 0. The second-order valence-electron chi connectivity index (χ2n) is 7.56. The minimum Gasteiger partial charge on any atom is -0.498 e. The summed E-state index contributed by atoms with van der Waals surface area (Å²) in [5.74, 6) is 0.533. The van der Waals surface area contributed by atoms with Gasteiger partial charge in [0.2, 0.25) is 0 Å². The number of ether oxygens (including phenoxy) is 2. The Kier molecular flexibility index (Phi) is 7.32. The third-order valence-electron chi connectivity index (χ3n) is 5.75.